The van der Waals surface area contributed by atoms with Crippen LogP contribution in [0.4, 0.5) is 0 Å². The molecule has 0 fully saturated rings. The van der Waals surface area contributed by atoms with Gasteiger partial charge in [0, 0.05) is 17.7 Å². The summed E-state index contributed by atoms with van der Waals surface area (Å²) in [4.78, 5) is 12.5. The van der Waals surface area contributed by atoms with Crippen LogP contribution >= 0.6 is 0 Å². The number of ether oxygens (including phenoxy) is 2. The third kappa shape index (κ3) is 2.69. The monoisotopic (exact) mass is 318 g/mol. The quantitative estimate of drug-likeness (QED) is 0.900. The number of carbonyl (C=O) groups is 1. The van der Waals surface area contributed by atoms with Crippen LogP contribution < -0.4 is 14.8 Å². The maximum atomic E-state index is 12.5. The van der Waals surface area contributed by atoms with Gasteiger partial charge in [-0.1, -0.05) is 12.1 Å². The van der Waals surface area contributed by atoms with Crippen LogP contribution in [0.5, 0.6) is 17.2 Å². The van der Waals surface area contributed by atoms with E-state index in [1.807, 2.05) is 20.8 Å². The van der Waals surface area contributed by atoms with Gasteiger partial charge in [0.15, 0.2) is 11.5 Å². The van der Waals surface area contributed by atoms with Gasteiger partial charge in [-0.25, -0.2) is 0 Å². The van der Waals surface area contributed by atoms with Crippen LogP contribution in [0, 0.1) is 13.8 Å². The summed E-state index contributed by atoms with van der Waals surface area (Å²) >= 11 is 0. The van der Waals surface area contributed by atoms with Crippen LogP contribution in [-0.4, -0.2) is 23.0 Å². The Labute approximate surface area is 133 Å². The van der Waals surface area contributed by atoms with Gasteiger partial charge in [0.2, 0.25) is 6.79 Å². The van der Waals surface area contributed by atoms with Gasteiger partial charge in [-0.3, -0.25) is 4.79 Å². The first-order chi connectivity index (χ1) is 11.0. The average molecular weight is 318 g/mol. The smallest absolute Gasteiger partial charge is 0.255 e. The third-order valence-electron chi connectivity index (χ3n) is 3.89. The maximum Gasteiger partial charge on any atom is 0.255 e. The maximum absolute atomic E-state index is 12.5. The highest BCUT2D eigenvalue weighted by Crippen LogP contribution is 2.37. The zero-order valence-corrected chi connectivity index (χ0v) is 13.2. The molecule has 0 bridgehead atoms. The summed E-state index contributed by atoms with van der Waals surface area (Å²) in [5.74, 6) is 0.993. The predicted octanol–water partition coefficient (Wildman–Crippen LogP) is 2.61. The van der Waals surface area contributed by atoms with Gasteiger partial charge in [-0.2, -0.15) is 0 Å². The minimum absolute atomic E-state index is 0.0799. The van der Waals surface area contributed by atoms with E-state index in [9.17, 15) is 9.90 Å². The van der Waals surface area contributed by atoms with Gasteiger partial charge in [0.25, 0.3) is 5.91 Å². The molecule has 1 atom stereocenters. The van der Waals surface area contributed by atoms with Crippen molar-refractivity contribution in [1.82, 2.24) is 10.5 Å². The van der Waals surface area contributed by atoms with Gasteiger partial charge in [-0.15, -0.1) is 0 Å². The Morgan fingerprint density at radius 3 is 2.65 bits per heavy atom. The van der Waals surface area contributed by atoms with Crippen LogP contribution in [0.15, 0.2) is 16.7 Å². The van der Waals surface area contributed by atoms with Gasteiger partial charge in [0.1, 0.15) is 11.5 Å². The van der Waals surface area contributed by atoms with Crippen molar-refractivity contribution >= 4 is 5.91 Å². The van der Waals surface area contributed by atoms with Gasteiger partial charge in [-0.05, 0) is 20.3 Å². The molecule has 0 spiro atoms. The fourth-order valence-electron chi connectivity index (χ4n) is 2.72. The number of fused-ring (bicyclic) bond motifs is 1. The average Bonchev–Trinajstić information content (AvgIpc) is 3.10. The van der Waals surface area contributed by atoms with E-state index < -0.39 is 5.91 Å². The van der Waals surface area contributed by atoms with Crippen molar-refractivity contribution in [3.8, 4) is 17.2 Å². The topological polar surface area (TPSA) is 93.8 Å². The Morgan fingerprint density at radius 1 is 1.35 bits per heavy atom. The number of carbonyl (C=O) groups excluding carboxylic acids is 1. The second kappa shape index (κ2) is 5.83. The lowest BCUT2D eigenvalue weighted by Crippen LogP contribution is -2.28. The van der Waals surface area contributed by atoms with E-state index in [0.29, 0.717) is 23.7 Å². The van der Waals surface area contributed by atoms with Crippen LogP contribution in [0.1, 0.15) is 46.8 Å². The number of benzene rings is 1. The van der Waals surface area contributed by atoms with E-state index in [2.05, 4.69) is 10.5 Å². The first-order valence-electron chi connectivity index (χ1n) is 7.37. The van der Waals surface area contributed by atoms with Gasteiger partial charge >= 0.3 is 0 Å². The Bertz CT molecular complexity index is 734. The summed E-state index contributed by atoms with van der Waals surface area (Å²) in [6.07, 6.45) is 0.667. The Morgan fingerprint density at radius 2 is 2.04 bits per heavy atom. The summed E-state index contributed by atoms with van der Waals surface area (Å²) in [7, 11) is 0. The molecule has 0 aliphatic carbocycles. The number of amides is 1. The number of rotatable bonds is 4. The highest BCUT2D eigenvalue weighted by atomic mass is 16.7. The molecule has 1 aliphatic rings. The molecule has 0 radical (unpaired) electrons. The van der Waals surface area contributed by atoms with Crippen LogP contribution in [0.25, 0.3) is 0 Å². The van der Waals surface area contributed by atoms with Crippen molar-refractivity contribution in [1.29, 1.82) is 0 Å². The highest BCUT2D eigenvalue weighted by molar-refractivity contribution is 5.98. The van der Waals surface area contributed by atoms with Crippen LogP contribution in [0.2, 0.25) is 0 Å². The molecule has 1 aromatic heterocycles. The summed E-state index contributed by atoms with van der Waals surface area (Å²) in [6, 6.07) is 2.61. The predicted molar refractivity (Wildman–Crippen MR) is 80.7 cm³/mol. The molecule has 23 heavy (non-hydrogen) atoms. The molecule has 0 saturated heterocycles. The van der Waals surface area contributed by atoms with Crippen molar-refractivity contribution in [3.63, 3.8) is 0 Å². The normalized spacial score (nSPS) is 13.9. The number of hydrogen-bond donors (Lipinski definition) is 2. The molecule has 7 nitrogen and oxygen atoms in total. The molecule has 1 amide bonds. The fourth-order valence-corrected chi connectivity index (χ4v) is 2.72. The lowest BCUT2D eigenvalue weighted by molar-refractivity contribution is 0.0932. The molecular weight excluding hydrogens is 300 g/mol. The van der Waals surface area contributed by atoms with E-state index in [0.717, 1.165) is 11.3 Å². The number of aryl methyl sites for hydroxylation is 2. The molecule has 2 aromatic rings. The van der Waals surface area contributed by atoms with Crippen molar-refractivity contribution in [2.75, 3.05) is 6.79 Å². The molecule has 2 heterocycles. The minimum atomic E-state index is -0.396. The van der Waals surface area contributed by atoms with Gasteiger partial charge < -0.3 is 24.4 Å². The van der Waals surface area contributed by atoms with Crippen LogP contribution in [0.3, 0.4) is 0 Å². The molecule has 0 unspecified atom stereocenters. The minimum Gasteiger partial charge on any atom is -0.507 e. The first-order valence-corrected chi connectivity index (χ1v) is 7.37. The molecule has 3 rings (SSSR count). The molecule has 122 valence electrons. The SMILES string of the molecule is CC[C@H](NC(=O)c1cc2c(cc1O)OCO2)c1c(C)noc1C. The van der Waals surface area contributed by atoms with Crippen molar-refractivity contribution < 1.29 is 23.9 Å². The van der Waals surface area contributed by atoms with Crippen LogP contribution in [-0.2, 0) is 0 Å². The van der Waals surface area contributed by atoms with Crippen molar-refractivity contribution in [3.05, 3.63) is 34.7 Å². The van der Waals surface area contributed by atoms with E-state index >= 15 is 0 Å². The fraction of sp³-hybridized carbons (Fsp3) is 0.375. The third-order valence-corrected chi connectivity index (χ3v) is 3.89. The van der Waals surface area contributed by atoms with E-state index in [4.69, 9.17) is 14.0 Å². The largest absolute Gasteiger partial charge is 0.507 e. The Hall–Kier alpha value is -2.70. The number of phenols is 1. The highest BCUT2D eigenvalue weighted by Gasteiger charge is 2.25. The second-order valence-corrected chi connectivity index (χ2v) is 5.39. The molecule has 1 aromatic carbocycles. The summed E-state index contributed by atoms with van der Waals surface area (Å²) < 4.78 is 15.6. The zero-order chi connectivity index (χ0) is 16.6. The van der Waals surface area contributed by atoms with E-state index in [1.54, 1.807) is 0 Å². The van der Waals surface area contributed by atoms with E-state index in [-0.39, 0.29) is 24.1 Å². The van der Waals surface area contributed by atoms with Gasteiger partial charge in [0.05, 0.1) is 17.3 Å². The molecule has 7 heteroatoms. The number of nitrogens with zero attached hydrogens (tertiary/aromatic N) is 1. The number of aromatic hydroxyl groups is 1. The molecule has 2 N–H and O–H groups in total. The second-order valence-electron chi connectivity index (χ2n) is 5.39. The standard InChI is InChI=1S/C16H18N2O5/c1-4-11(15-8(2)18-23-9(15)3)17-16(20)10-5-13-14(6-12(10)19)22-7-21-13/h5-6,11,19H,4,7H2,1-3H3,(H,17,20)/t11-/m0/s1. The number of phenolic OH excluding ortho intramolecular Hbond substituents is 1. The number of aromatic nitrogens is 1. The summed E-state index contributed by atoms with van der Waals surface area (Å²) in [5.41, 5.74) is 1.74. The first kappa shape index (κ1) is 15.2. The molecular formula is C16H18N2O5. The molecule has 0 saturated carbocycles. The zero-order valence-electron chi connectivity index (χ0n) is 13.2. The lowest BCUT2D eigenvalue weighted by atomic mass is 10.0. The lowest BCUT2D eigenvalue weighted by Gasteiger charge is -2.17. The molecule has 1 aliphatic heterocycles. The summed E-state index contributed by atoms with van der Waals surface area (Å²) in [6.45, 7) is 5.67. The van der Waals surface area contributed by atoms with E-state index in [1.165, 1.54) is 12.1 Å². The Kier molecular flexibility index (Phi) is 3.85. The van der Waals surface area contributed by atoms with Crippen molar-refractivity contribution in [2.45, 2.75) is 33.2 Å². The number of nitrogens with one attached hydrogen (secondary N) is 1. The Balaban J connectivity index is 1.86. The number of hydrogen-bond acceptors (Lipinski definition) is 6. The summed E-state index contributed by atoms with van der Waals surface area (Å²) in [5, 5.41) is 16.9. The van der Waals surface area contributed by atoms with Crippen molar-refractivity contribution in [2.24, 2.45) is 0 Å².